The van der Waals surface area contributed by atoms with Crippen LogP contribution < -0.4 is 11.1 Å². The van der Waals surface area contributed by atoms with E-state index in [9.17, 15) is 4.79 Å². The lowest BCUT2D eigenvalue weighted by Crippen LogP contribution is -2.46. The Morgan fingerprint density at radius 2 is 2.05 bits per heavy atom. The van der Waals surface area contributed by atoms with E-state index >= 15 is 0 Å². The summed E-state index contributed by atoms with van der Waals surface area (Å²) in [6, 6.07) is 13.2. The van der Waals surface area contributed by atoms with Crippen molar-refractivity contribution in [2.24, 2.45) is 5.73 Å². The molecule has 3 rings (SSSR count). The minimum Gasteiger partial charge on any atom is -0.368 e. The fourth-order valence-electron chi connectivity index (χ4n) is 2.92. The molecular weight excluding hydrogens is 352 g/mol. The Balaban J connectivity index is 2.08. The fraction of sp³-hybridized carbons (Fsp3) is 0.188. The molecule has 3 N–H and O–H groups in total. The number of carbonyl (C=O) groups excluding carboxylic acids is 1. The molecule has 3 nitrogen and oxygen atoms in total. The monoisotopic (exact) mass is 364 g/mol. The van der Waals surface area contributed by atoms with Crippen molar-refractivity contribution in [2.45, 2.75) is 18.4 Å². The van der Waals surface area contributed by atoms with Gasteiger partial charge in [-0.1, -0.05) is 45.7 Å². The van der Waals surface area contributed by atoms with E-state index in [4.69, 9.17) is 17.3 Å². The van der Waals surface area contributed by atoms with Crippen LogP contribution in [0.5, 0.6) is 0 Å². The number of anilines is 1. The van der Waals surface area contributed by atoms with Gasteiger partial charge in [0.1, 0.15) is 5.54 Å². The van der Waals surface area contributed by atoms with Crippen LogP contribution in [0.4, 0.5) is 5.69 Å². The van der Waals surface area contributed by atoms with E-state index in [-0.39, 0.29) is 5.91 Å². The highest BCUT2D eigenvalue weighted by molar-refractivity contribution is 9.10. The highest BCUT2D eigenvalue weighted by Gasteiger charge is 2.44. The quantitative estimate of drug-likeness (QED) is 0.868. The van der Waals surface area contributed by atoms with Gasteiger partial charge in [-0.2, -0.15) is 0 Å². The molecule has 0 heterocycles. The predicted molar refractivity (Wildman–Crippen MR) is 88.4 cm³/mol. The van der Waals surface area contributed by atoms with Crippen molar-refractivity contribution in [2.75, 3.05) is 5.32 Å². The van der Waals surface area contributed by atoms with Crippen LogP contribution in [0.1, 0.15) is 17.5 Å². The van der Waals surface area contributed by atoms with Crippen LogP contribution in [0.2, 0.25) is 5.02 Å². The second kappa shape index (κ2) is 5.35. The largest absolute Gasteiger partial charge is 0.368 e. The smallest absolute Gasteiger partial charge is 0.247 e. The van der Waals surface area contributed by atoms with Gasteiger partial charge in [0.2, 0.25) is 5.91 Å². The molecule has 1 unspecified atom stereocenters. The third kappa shape index (κ3) is 2.43. The number of hydrogen-bond acceptors (Lipinski definition) is 2. The van der Waals surface area contributed by atoms with Gasteiger partial charge < -0.3 is 11.1 Å². The second-order valence-electron chi connectivity index (χ2n) is 5.17. The van der Waals surface area contributed by atoms with Crippen molar-refractivity contribution >= 4 is 39.1 Å². The molecule has 21 heavy (non-hydrogen) atoms. The average molecular weight is 366 g/mol. The normalized spacial score (nSPS) is 20.1. The lowest BCUT2D eigenvalue weighted by Gasteiger charge is -2.29. The maximum absolute atomic E-state index is 12.2. The van der Waals surface area contributed by atoms with Crippen molar-refractivity contribution in [3.63, 3.8) is 0 Å². The van der Waals surface area contributed by atoms with Gasteiger partial charge in [-0.25, -0.2) is 0 Å². The summed E-state index contributed by atoms with van der Waals surface area (Å²) in [4.78, 5) is 12.2. The van der Waals surface area contributed by atoms with E-state index in [0.29, 0.717) is 11.4 Å². The van der Waals surface area contributed by atoms with E-state index < -0.39 is 5.54 Å². The lowest BCUT2D eigenvalue weighted by molar-refractivity contribution is -0.122. The fourth-order valence-corrected chi connectivity index (χ4v) is 3.67. The van der Waals surface area contributed by atoms with Gasteiger partial charge in [0.15, 0.2) is 0 Å². The van der Waals surface area contributed by atoms with E-state index in [0.717, 1.165) is 27.7 Å². The lowest BCUT2D eigenvalue weighted by atomic mass is 9.90. The van der Waals surface area contributed by atoms with Gasteiger partial charge in [-0.15, -0.1) is 0 Å². The van der Waals surface area contributed by atoms with Gasteiger partial charge in [0.25, 0.3) is 0 Å². The molecule has 1 aliphatic rings. The molecule has 0 spiro atoms. The van der Waals surface area contributed by atoms with Gasteiger partial charge in [-0.05, 0) is 48.2 Å². The van der Waals surface area contributed by atoms with Crippen molar-refractivity contribution in [1.82, 2.24) is 0 Å². The maximum Gasteiger partial charge on any atom is 0.247 e. The number of rotatable bonds is 3. The summed E-state index contributed by atoms with van der Waals surface area (Å²) in [6.45, 7) is 0. The Kier molecular flexibility index (Phi) is 3.68. The van der Waals surface area contributed by atoms with Crippen LogP contribution in [0.3, 0.4) is 0 Å². The van der Waals surface area contributed by atoms with Crippen molar-refractivity contribution in [3.05, 3.63) is 63.1 Å². The Bertz CT molecular complexity index is 719. The van der Waals surface area contributed by atoms with Gasteiger partial charge in [0.05, 0.1) is 0 Å². The van der Waals surface area contributed by atoms with Crippen molar-refractivity contribution in [3.8, 4) is 0 Å². The highest BCUT2D eigenvalue weighted by Crippen LogP contribution is 2.42. The SMILES string of the molecule is NC(=O)C1(Nc2cccc(Cl)c2)CCc2c(Br)cccc21. The molecule has 108 valence electrons. The molecular formula is C16H14BrClN2O. The summed E-state index contributed by atoms with van der Waals surface area (Å²) in [5.41, 5.74) is 7.70. The molecule has 0 radical (unpaired) electrons. The van der Waals surface area contributed by atoms with Crippen LogP contribution in [-0.2, 0) is 16.8 Å². The molecule has 1 amide bonds. The van der Waals surface area contributed by atoms with Crippen LogP contribution in [-0.4, -0.2) is 5.91 Å². The molecule has 0 aromatic heterocycles. The first-order chi connectivity index (χ1) is 10.0. The van der Waals surface area contributed by atoms with Crippen molar-refractivity contribution in [1.29, 1.82) is 0 Å². The van der Waals surface area contributed by atoms with E-state index in [1.165, 1.54) is 0 Å². The van der Waals surface area contributed by atoms with Crippen LogP contribution >= 0.6 is 27.5 Å². The highest BCUT2D eigenvalue weighted by atomic mass is 79.9. The number of nitrogens with one attached hydrogen (secondary N) is 1. The topological polar surface area (TPSA) is 55.1 Å². The van der Waals surface area contributed by atoms with Gasteiger partial charge >= 0.3 is 0 Å². The molecule has 0 aliphatic heterocycles. The molecule has 1 atom stereocenters. The number of carbonyl (C=O) groups is 1. The summed E-state index contributed by atoms with van der Waals surface area (Å²) in [5.74, 6) is -0.376. The Labute approximate surface area is 136 Å². The summed E-state index contributed by atoms with van der Waals surface area (Å²) < 4.78 is 1.01. The number of benzene rings is 2. The minimum atomic E-state index is -0.885. The molecule has 2 aromatic carbocycles. The van der Waals surface area contributed by atoms with E-state index in [1.54, 1.807) is 12.1 Å². The zero-order chi connectivity index (χ0) is 15.0. The van der Waals surface area contributed by atoms with Crippen LogP contribution in [0.15, 0.2) is 46.9 Å². The molecule has 1 aliphatic carbocycles. The molecule has 5 heteroatoms. The third-order valence-corrected chi connectivity index (χ3v) is 4.91. The zero-order valence-corrected chi connectivity index (χ0v) is 13.5. The summed E-state index contributed by atoms with van der Waals surface area (Å²) >= 11 is 9.56. The van der Waals surface area contributed by atoms with Crippen LogP contribution in [0, 0.1) is 0 Å². The number of amides is 1. The Hall–Kier alpha value is -1.52. The molecule has 0 saturated carbocycles. The minimum absolute atomic E-state index is 0.376. The first kappa shape index (κ1) is 14.4. The van der Waals surface area contributed by atoms with Gasteiger partial charge in [0, 0.05) is 15.2 Å². The summed E-state index contributed by atoms with van der Waals surface area (Å²) in [7, 11) is 0. The second-order valence-corrected chi connectivity index (χ2v) is 6.46. The molecule has 2 aromatic rings. The molecule has 0 saturated heterocycles. The summed E-state index contributed by atoms with van der Waals surface area (Å²) in [5, 5.41) is 3.92. The first-order valence-corrected chi connectivity index (χ1v) is 7.81. The number of nitrogens with two attached hydrogens (primary N) is 1. The van der Waals surface area contributed by atoms with Gasteiger partial charge in [-0.3, -0.25) is 4.79 Å². The zero-order valence-electron chi connectivity index (χ0n) is 11.2. The Morgan fingerprint density at radius 3 is 2.76 bits per heavy atom. The van der Waals surface area contributed by atoms with Crippen molar-refractivity contribution < 1.29 is 4.79 Å². The molecule has 0 bridgehead atoms. The Morgan fingerprint density at radius 1 is 1.29 bits per heavy atom. The number of primary amides is 1. The number of halogens is 2. The van der Waals surface area contributed by atoms with E-state index in [1.807, 2.05) is 30.3 Å². The van der Waals surface area contributed by atoms with E-state index in [2.05, 4.69) is 21.2 Å². The molecule has 0 fully saturated rings. The standard InChI is InChI=1S/C16H14BrClN2O/c17-14-6-2-5-13-12(14)7-8-16(13,15(19)21)20-11-4-1-3-10(18)9-11/h1-6,9,20H,7-8H2,(H2,19,21). The number of fused-ring (bicyclic) bond motifs is 1. The third-order valence-electron chi connectivity index (χ3n) is 3.93. The summed E-state index contributed by atoms with van der Waals surface area (Å²) in [6.07, 6.45) is 1.43. The average Bonchev–Trinajstić information content (AvgIpc) is 2.81. The predicted octanol–water partition coefficient (Wildman–Crippen LogP) is 3.84. The maximum atomic E-state index is 12.2. The first-order valence-electron chi connectivity index (χ1n) is 6.64. The van der Waals surface area contributed by atoms with Crippen LogP contribution in [0.25, 0.3) is 0 Å². The number of hydrogen-bond donors (Lipinski definition) is 2.